The Kier molecular flexibility index (Phi) is 6.14. The van der Waals surface area contributed by atoms with Crippen LogP contribution < -0.4 is 0 Å². The highest BCUT2D eigenvalue weighted by Crippen LogP contribution is 2.35. The van der Waals surface area contributed by atoms with E-state index >= 15 is 0 Å². The van der Waals surface area contributed by atoms with E-state index in [1.165, 1.54) is 58.0 Å². The molecule has 0 aromatic heterocycles. The highest BCUT2D eigenvalue weighted by Gasteiger charge is 2.39. The normalized spacial score (nSPS) is 30.0. The highest BCUT2D eigenvalue weighted by molar-refractivity contribution is 4.96. The maximum atomic E-state index is 5.59. The summed E-state index contributed by atoms with van der Waals surface area (Å²) in [5.74, 6) is 0.799. The molecule has 2 aliphatic heterocycles. The third-order valence-electron chi connectivity index (χ3n) is 5.97. The largest absolute Gasteiger partial charge is 0.381 e. The minimum absolute atomic E-state index is 0.420. The number of rotatable bonds is 6. The van der Waals surface area contributed by atoms with Gasteiger partial charge in [0.25, 0.3) is 0 Å². The maximum absolute atomic E-state index is 5.59. The Morgan fingerprint density at radius 2 is 1.82 bits per heavy atom. The SMILES string of the molecule is CN(CC[C@H]1CCOC1)CC1(N2CCOCC2)CCCCC1. The van der Waals surface area contributed by atoms with Gasteiger partial charge in [0.1, 0.15) is 0 Å². The molecule has 1 atom stereocenters. The third kappa shape index (κ3) is 4.22. The number of ether oxygens (including phenoxy) is 2. The van der Waals surface area contributed by atoms with Crippen molar-refractivity contribution >= 4 is 0 Å². The molecule has 0 aromatic carbocycles. The molecule has 3 rings (SSSR count). The van der Waals surface area contributed by atoms with E-state index in [2.05, 4.69) is 16.8 Å². The van der Waals surface area contributed by atoms with Gasteiger partial charge in [-0.1, -0.05) is 19.3 Å². The van der Waals surface area contributed by atoms with Crippen LogP contribution in [0.4, 0.5) is 0 Å². The molecule has 128 valence electrons. The predicted molar refractivity (Wildman–Crippen MR) is 89.2 cm³/mol. The molecule has 2 heterocycles. The van der Waals surface area contributed by atoms with Gasteiger partial charge in [0.05, 0.1) is 13.2 Å². The van der Waals surface area contributed by atoms with Gasteiger partial charge in [-0.25, -0.2) is 0 Å². The summed E-state index contributed by atoms with van der Waals surface area (Å²) in [6.45, 7) is 8.53. The summed E-state index contributed by atoms with van der Waals surface area (Å²) in [6.07, 6.45) is 9.56. The maximum Gasteiger partial charge on any atom is 0.0594 e. The van der Waals surface area contributed by atoms with Crippen molar-refractivity contribution in [2.24, 2.45) is 5.92 Å². The van der Waals surface area contributed by atoms with Crippen LogP contribution >= 0.6 is 0 Å². The van der Waals surface area contributed by atoms with E-state index in [4.69, 9.17) is 9.47 Å². The smallest absolute Gasteiger partial charge is 0.0594 e. The van der Waals surface area contributed by atoms with Gasteiger partial charge in [-0.3, -0.25) is 4.90 Å². The molecule has 4 nitrogen and oxygen atoms in total. The molecule has 1 saturated carbocycles. The monoisotopic (exact) mass is 310 g/mol. The molecule has 0 spiro atoms. The van der Waals surface area contributed by atoms with Crippen LogP contribution in [0, 0.1) is 5.92 Å². The van der Waals surface area contributed by atoms with Gasteiger partial charge in [-0.2, -0.15) is 0 Å². The first-order chi connectivity index (χ1) is 10.8. The van der Waals surface area contributed by atoms with Gasteiger partial charge >= 0.3 is 0 Å². The van der Waals surface area contributed by atoms with Crippen LogP contribution in [0.15, 0.2) is 0 Å². The molecular formula is C18H34N2O2. The lowest BCUT2D eigenvalue weighted by Crippen LogP contribution is -2.59. The van der Waals surface area contributed by atoms with Crippen molar-refractivity contribution in [3.63, 3.8) is 0 Å². The van der Waals surface area contributed by atoms with E-state index in [0.29, 0.717) is 5.54 Å². The number of hydrogen-bond acceptors (Lipinski definition) is 4. The first-order valence-electron chi connectivity index (χ1n) is 9.38. The first kappa shape index (κ1) is 16.7. The molecule has 0 N–H and O–H groups in total. The Labute approximate surface area is 136 Å². The molecule has 3 aliphatic rings. The molecular weight excluding hydrogens is 276 g/mol. The fourth-order valence-electron chi connectivity index (χ4n) is 4.62. The average molecular weight is 310 g/mol. The van der Waals surface area contributed by atoms with Crippen LogP contribution in [0.2, 0.25) is 0 Å². The minimum Gasteiger partial charge on any atom is -0.381 e. The number of hydrogen-bond donors (Lipinski definition) is 0. The van der Waals surface area contributed by atoms with Crippen molar-refractivity contribution in [3.05, 3.63) is 0 Å². The van der Waals surface area contributed by atoms with Crippen molar-refractivity contribution in [1.29, 1.82) is 0 Å². The molecule has 1 aliphatic carbocycles. The van der Waals surface area contributed by atoms with Crippen molar-refractivity contribution < 1.29 is 9.47 Å². The lowest BCUT2D eigenvalue weighted by molar-refractivity contribution is -0.0487. The zero-order valence-electron chi connectivity index (χ0n) is 14.4. The zero-order chi connectivity index (χ0) is 15.3. The van der Waals surface area contributed by atoms with E-state index in [9.17, 15) is 0 Å². The molecule has 2 saturated heterocycles. The van der Waals surface area contributed by atoms with Crippen LogP contribution in [0.1, 0.15) is 44.9 Å². The Morgan fingerprint density at radius 1 is 1.05 bits per heavy atom. The van der Waals surface area contributed by atoms with Gasteiger partial charge in [0.2, 0.25) is 0 Å². The van der Waals surface area contributed by atoms with E-state index in [-0.39, 0.29) is 0 Å². The van der Waals surface area contributed by atoms with Gasteiger partial charge < -0.3 is 14.4 Å². The fourth-order valence-corrected chi connectivity index (χ4v) is 4.62. The van der Waals surface area contributed by atoms with E-state index < -0.39 is 0 Å². The summed E-state index contributed by atoms with van der Waals surface area (Å²) in [6, 6.07) is 0. The second kappa shape index (κ2) is 8.09. The van der Waals surface area contributed by atoms with Crippen molar-refractivity contribution in [1.82, 2.24) is 9.80 Å². The van der Waals surface area contributed by atoms with Gasteiger partial charge in [0.15, 0.2) is 0 Å². The average Bonchev–Trinajstić information content (AvgIpc) is 3.08. The predicted octanol–water partition coefficient (Wildman–Crippen LogP) is 2.38. The van der Waals surface area contributed by atoms with Crippen LogP contribution in [-0.2, 0) is 9.47 Å². The second-order valence-corrected chi connectivity index (χ2v) is 7.64. The van der Waals surface area contributed by atoms with Gasteiger partial charge in [-0.05, 0) is 45.2 Å². The van der Waals surface area contributed by atoms with Crippen LogP contribution in [0.3, 0.4) is 0 Å². The van der Waals surface area contributed by atoms with Crippen molar-refractivity contribution in [2.45, 2.75) is 50.5 Å². The summed E-state index contributed by atoms with van der Waals surface area (Å²) in [7, 11) is 2.33. The number of likely N-dealkylation sites (N-methyl/N-ethyl adjacent to an activating group) is 1. The molecule has 3 fully saturated rings. The summed E-state index contributed by atoms with van der Waals surface area (Å²) >= 11 is 0. The lowest BCUT2D eigenvalue weighted by Gasteiger charge is -2.49. The van der Waals surface area contributed by atoms with Crippen LogP contribution in [0.25, 0.3) is 0 Å². The van der Waals surface area contributed by atoms with E-state index in [1.54, 1.807) is 0 Å². The fraction of sp³-hybridized carbons (Fsp3) is 1.00. The van der Waals surface area contributed by atoms with Crippen LogP contribution in [-0.4, -0.2) is 75.0 Å². The zero-order valence-corrected chi connectivity index (χ0v) is 14.4. The Bertz CT molecular complexity index is 319. The summed E-state index contributed by atoms with van der Waals surface area (Å²) in [5, 5.41) is 0. The summed E-state index contributed by atoms with van der Waals surface area (Å²) < 4.78 is 11.1. The number of nitrogens with zero attached hydrogens (tertiary/aromatic N) is 2. The first-order valence-corrected chi connectivity index (χ1v) is 9.38. The van der Waals surface area contributed by atoms with E-state index in [0.717, 1.165) is 45.4 Å². The van der Waals surface area contributed by atoms with Crippen LogP contribution in [0.5, 0.6) is 0 Å². The minimum atomic E-state index is 0.420. The standard InChI is InChI=1S/C18H34N2O2/c1-19(9-5-17-6-12-22-15-17)16-18(7-3-2-4-8-18)20-10-13-21-14-11-20/h17H,2-16H2,1H3/t17-/m0/s1. The molecule has 0 amide bonds. The molecule has 4 heteroatoms. The van der Waals surface area contributed by atoms with Crippen molar-refractivity contribution in [2.75, 3.05) is 59.7 Å². The highest BCUT2D eigenvalue weighted by atomic mass is 16.5. The molecule has 22 heavy (non-hydrogen) atoms. The molecule has 0 aromatic rings. The molecule has 0 unspecified atom stereocenters. The van der Waals surface area contributed by atoms with E-state index in [1.807, 2.05) is 0 Å². The summed E-state index contributed by atoms with van der Waals surface area (Å²) in [4.78, 5) is 5.35. The van der Waals surface area contributed by atoms with Gasteiger partial charge in [-0.15, -0.1) is 0 Å². The second-order valence-electron chi connectivity index (χ2n) is 7.64. The third-order valence-corrected chi connectivity index (χ3v) is 5.97. The van der Waals surface area contributed by atoms with Crippen molar-refractivity contribution in [3.8, 4) is 0 Å². The summed E-state index contributed by atoms with van der Waals surface area (Å²) in [5.41, 5.74) is 0.420. The quantitative estimate of drug-likeness (QED) is 0.752. The molecule has 0 radical (unpaired) electrons. The Balaban J connectivity index is 1.54. The Morgan fingerprint density at radius 3 is 2.50 bits per heavy atom. The Hall–Kier alpha value is -0.160. The molecule has 0 bridgehead atoms. The lowest BCUT2D eigenvalue weighted by atomic mass is 9.79. The number of morpholine rings is 1. The topological polar surface area (TPSA) is 24.9 Å². The van der Waals surface area contributed by atoms with Gasteiger partial charge in [0, 0.05) is 38.4 Å².